The third kappa shape index (κ3) is 2.84. The van der Waals surface area contributed by atoms with Crippen LogP contribution in [0.4, 0.5) is 5.95 Å². The summed E-state index contributed by atoms with van der Waals surface area (Å²) in [7, 11) is 0. The molecule has 2 aromatic heterocycles. The van der Waals surface area contributed by atoms with Gasteiger partial charge in [0.2, 0.25) is 5.95 Å². The first kappa shape index (κ1) is 15.1. The van der Waals surface area contributed by atoms with Gasteiger partial charge in [-0.3, -0.25) is 9.78 Å². The van der Waals surface area contributed by atoms with Gasteiger partial charge in [-0.05, 0) is 37.5 Å². The van der Waals surface area contributed by atoms with Crippen LogP contribution in [-0.4, -0.2) is 51.9 Å². The van der Waals surface area contributed by atoms with Gasteiger partial charge in [0.25, 0.3) is 5.91 Å². The number of nitrogens with zero attached hydrogens (tertiary/aromatic N) is 5. The number of rotatable bonds is 2. The summed E-state index contributed by atoms with van der Waals surface area (Å²) in [5, 5.41) is 0. The predicted molar refractivity (Wildman–Crippen MR) is 90.7 cm³/mol. The Labute approximate surface area is 141 Å². The number of carbonyl (C=O) groups is 1. The molecular formula is C18H21N5O. The zero-order valence-electron chi connectivity index (χ0n) is 13.6. The van der Waals surface area contributed by atoms with Crippen LogP contribution in [0.1, 0.15) is 29.6 Å². The lowest BCUT2D eigenvalue weighted by molar-refractivity contribution is 0.0767. The van der Waals surface area contributed by atoms with E-state index in [2.05, 4.69) is 19.9 Å². The quantitative estimate of drug-likeness (QED) is 0.846. The molecule has 0 unspecified atom stereocenters. The number of hydrogen-bond donors (Lipinski definition) is 0. The maximum atomic E-state index is 12.7. The van der Waals surface area contributed by atoms with E-state index in [0.717, 1.165) is 57.0 Å². The van der Waals surface area contributed by atoms with Crippen LogP contribution < -0.4 is 4.90 Å². The minimum atomic E-state index is 0.113. The third-order valence-corrected chi connectivity index (χ3v) is 5.15. The Morgan fingerprint density at radius 2 is 1.79 bits per heavy atom. The normalized spacial score (nSPS) is 23.7. The molecule has 0 radical (unpaired) electrons. The maximum absolute atomic E-state index is 12.7. The molecule has 124 valence electrons. The van der Waals surface area contributed by atoms with Crippen LogP contribution in [0, 0.1) is 5.41 Å². The van der Waals surface area contributed by atoms with Gasteiger partial charge in [0, 0.05) is 61.9 Å². The number of likely N-dealkylation sites (tertiary alicyclic amines) is 1. The van der Waals surface area contributed by atoms with Crippen molar-refractivity contribution < 1.29 is 4.79 Å². The van der Waals surface area contributed by atoms with E-state index < -0.39 is 0 Å². The van der Waals surface area contributed by atoms with Crippen molar-refractivity contribution in [1.82, 2.24) is 19.9 Å². The van der Waals surface area contributed by atoms with E-state index in [4.69, 9.17) is 0 Å². The minimum absolute atomic E-state index is 0.113. The molecule has 6 heteroatoms. The second kappa shape index (κ2) is 6.19. The molecule has 4 heterocycles. The maximum Gasteiger partial charge on any atom is 0.253 e. The smallest absolute Gasteiger partial charge is 0.253 e. The molecule has 0 aromatic carbocycles. The van der Waals surface area contributed by atoms with Crippen molar-refractivity contribution in [3.05, 3.63) is 48.5 Å². The van der Waals surface area contributed by atoms with Crippen LogP contribution >= 0.6 is 0 Å². The fourth-order valence-electron chi connectivity index (χ4n) is 3.95. The molecule has 0 saturated carbocycles. The van der Waals surface area contributed by atoms with Gasteiger partial charge < -0.3 is 9.80 Å². The third-order valence-electron chi connectivity index (χ3n) is 5.15. The van der Waals surface area contributed by atoms with Gasteiger partial charge in [0.05, 0.1) is 0 Å². The van der Waals surface area contributed by atoms with Crippen molar-refractivity contribution in [3.63, 3.8) is 0 Å². The SMILES string of the molecule is O=C(c1ccncc1)N1CC[C@]2(CCCN(c3ncccn3)C2)C1. The Hall–Kier alpha value is -2.50. The van der Waals surface area contributed by atoms with Gasteiger partial charge in [-0.25, -0.2) is 9.97 Å². The van der Waals surface area contributed by atoms with Crippen LogP contribution in [0.5, 0.6) is 0 Å². The Bertz CT molecular complexity index is 708. The van der Waals surface area contributed by atoms with Crippen LogP contribution in [0.25, 0.3) is 0 Å². The first-order valence-electron chi connectivity index (χ1n) is 8.47. The summed E-state index contributed by atoms with van der Waals surface area (Å²) >= 11 is 0. The minimum Gasteiger partial charge on any atom is -0.340 e. The second-order valence-corrected chi connectivity index (χ2v) is 6.79. The average molecular weight is 323 g/mol. The van der Waals surface area contributed by atoms with Crippen LogP contribution in [0.2, 0.25) is 0 Å². The van der Waals surface area contributed by atoms with E-state index in [-0.39, 0.29) is 11.3 Å². The van der Waals surface area contributed by atoms with Crippen molar-refractivity contribution in [1.29, 1.82) is 0 Å². The summed E-state index contributed by atoms with van der Waals surface area (Å²) in [6, 6.07) is 5.42. The molecule has 1 amide bonds. The number of anilines is 1. The van der Waals surface area contributed by atoms with Gasteiger partial charge in [0.15, 0.2) is 0 Å². The summed E-state index contributed by atoms with van der Waals surface area (Å²) in [5.74, 6) is 0.915. The molecule has 1 spiro atoms. The largest absolute Gasteiger partial charge is 0.340 e. The molecule has 2 aromatic rings. The average Bonchev–Trinajstić information content (AvgIpc) is 3.06. The summed E-state index contributed by atoms with van der Waals surface area (Å²) in [4.78, 5) is 29.7. The lowest BCUT2D eigenvalue weighted by Crippen LogP contribution is -2.46. The first-order valence-corrected chi connectivity index (χ1v) is 8.47. The van der Waals surface area contributed by atoms with Crippen molar-refractivity contribution in [3.8, 4) is 0 Å². The van der Waals surface area contributed by atoms with Crippen LogP contribution in [0.3, 0.4) is 0 Å². The second-order valence-electron chi connectivity index (χ2n) is 6.79. The summed E-state index contributed by atoms with van der Waals surface area (Å²) in [5.41, 5.74) is 0.890. The summed E-state index contributed by atoms with van der Waals surface area (Å²) in [6.45, 7) is 3.56. The highest BCUT2D eigenvalue weighted by Crippen LogP contribution is 2.40. The molecule has 2 aliphatic heterocycles. The fourth-order valence-corrected chi connectivity index (χ4v) is 3.95. The Balaban J connectivity index is 1.48. The zero-order chi connectivity index (χ0) is 16.4. The van der Waals surface area contributed by atoms with Crippen molar-refractivity contribution >= 4 is 11.9 Å². The number of hydrogen-bond acceptors (Lipinski definition) is 5. The first-order chi connectivity index (χ1) is 11.8. The van der Waals surface area contributed by atoms with E-state index in [9.17, 15) is 4.79 Å². The highest BCUT2D eigenvalue weighted by atomic mass is 16.2. The molecule has 2 saturated heterocycles. The number of amides is 1. The van der Waals surface area contributed by atoms with Crippen LogP contribution in [0.15, 0.2) is 43.0 Å². The van der Waals surface area contributed by atoms with E-state index >= 15 is 0 Å². The monoisotopic (exact) mass is 323 g/mol. The molecule has 4 rings (SSSR count). The molecule has 2 fully saturated rings. The summed E-state index contributed by atoms with van der Waals surface area (Å²) < 4.78 is 0. The topological polar surface area (TPSA) is 62.2 Å². The number of piperidine rings is 1. The van der Waals surface area contributed by atoms with Gasteiger partial charge >= 0.3 is 0 Å². The van der Waals surface area contributed by atoms with E-state index in [0.29, 0.717) is 0 Å². The lowest BCUT2D eigenvalue weighted by Gasteiger charge is -2.40. The Morgan fingerprint density at radius 3 is 2.58 bits per heavy atom. The molecule has 0 aliphatic carbocycles. The molecule has 6 nitrogen and oxygen atoms in total. The van der Waals surface area contributed by atoms with Crippen molar-refractivity contribution in [2.24, 2.45) is 5.41 Å². The van der Waals surface area contributed by atoms with E-state index in [1.54, 1.807) is 36.9 Å². The molecule has 1 atom stereocenters. The van der Waals surface area contributed by atoms with Gasteiger partial charge in [0.1, 0.15) is 0 Å². The molecular weight excluding hydrogens is 302 g/mol. The van der Waals surface area contributed by atoms with Crippen LogP contribution in [-0.2, 0) is 0 Å². The number of carbonyl (C=O) groups excluding carboxylic acids is 1. The summed E-state index contributed by atoms with van der Waals surface area (Å²) in [6.07, 6.45) is 10.3. The molecule has 24 heavy (non-hydrogen) atoms. The number of pyridine rings is 1. The Morgan fingerprint density at radius 1 is 1.00 bits per heavy atom. The van der Waals surface area contributed by atoms with Gasteiger partial charge in [-0.15, -0.1) is 0 Å². The van der Waals surface area contributed by atoms with Gasteiger partial charge in [-0.1, -0.05) is 0 Å². The number of aromatic nitrogens is 3. The van der Waals surface area contributed by atoms with E-state index in [1.165, 1.54) is 0 Å². The fraction of sp³-hybridized carbons (Fsp3) is 0.444. The van der Waals surface area contributed by atoms with Gasteiger partial charge in [-0.2, -0.15) is 0 Å². The predicted octanol–water partition coefficient (Wildman–Crippen LogP) is 2.00. The standard InChI is InChI=1S/C18H21N5O/c24-16(15-3-9-19-10-4-15)22-12-6-18(13-22)5-1-11-23(14-18)17-20-7-2-8-21-17/h2-4,7-10H,1,5-6,11-14H2/t18-/m1/s1. The molecule has 0 N–H and O–H groups in total. The van der Waals surface area contributed by atoms with Crippen molar-refractivity contribution in [2.45, 2.75) is 19.3 Å². The molecule has 0 bridgehead atoms. The van der Waals surface area contributed by atoms with Crippen molar-refractivity contribution in [2.75, 3.05) is 31.1 Å². The van der Waals surface area contributed by atoms with E-state index in [1.807, 2.05) is 11.0 Å². The Kier molecular flexibility index (Phi) is 3.88. The highest BCUT2D eigenvalue weighted by Gasteiger charge is 2.43. The lowest BCUT2D eigenvalue weighted by atomic mass is 9.79. The zero-order valence-corrected chi connectivity index (χ0v) is 13.6. The molecule has 2 aliphatic rings. The highest BCUT2D eigenvalue weighted by molar-refractivity contribution is 5.94.